The molecular weight excluding hydrogens is 148 g/mol. The lowest BCUT2D eigenvalue weighted by atomic mass is 10.2. The van der Waals surface area contributed by atoms with Gasteiger partial charge in [0.05, 0.1) is 0 Å². The minimum absolute atomic E-state index is 0.592. The highest BCUT2D eigenvalue weighted by molar-refractivity contribution is 4.60. The first kappa shape index (κ1) is 11.9. The topological polar surface area (TPSA) is 24.1 Å². The van der Waals surface area contributed by atoms with Crippen molar-refractivity contribution in [2.24, 2.45) is 0 Å². The van der Waals surface area contributed by atoms with Crippen molar-refractivity contribution in [3.05, 3.63) is 0 Å². The minimum atomic E-state index is 0.592. The van der Waals surface area contributed by atoms with Gasteiger partial charge in [0.1, 0.15) is 0 Å². The van der Waals surface area contributed by atoms with Crippen LogP contribution in [0.3, 0.4) is 0 Å². The maximum Gasteiger partial charge on any atom is 0.0184 e. The van der Waals surface area contributed by atoms with Gasteiger partial charge in [0, 0.05) is 12.1 Å². The molecule has 0 aromatic rings. The summed E-state index contributed by atoms with van der Waals surface area (Å²) in [4.78, 5) is 0. The molecule has 2 heteroatoms. The first-order chi connectivity index (χ1) is 5.70. The molecule has 0 amide bonds. The molecule has 0 radical (unpaired) electrons. The molecule has 0 fully saturated rings. The molecule has 0 rings (SSSR count). The Kier molecular flexibility index (Phi) is 7.51. The Balaban J connectivity index is 3.27. The summed E-state index contributed by atoms with van der Waals surface area (Å²) in [5.74, 6) is 0. The van der Waals surface area contributed by atoms with Gasteiger partial charge in [-0.15, -0.1) is 0 Å². The van der Waals surface area contributed by atoms with Gasteiger partial charge in [-0.1, -0.05) is 26.7 Å². The second-order valence-electron chi connectivity index (χ2n) is 3.67. The van der Waals surface area contributed by atoms with E-state index in [9.17, 15) is 0 Å². The molecule has 0 aromatic heterocycles. The van der Waals surface area contributed by atoms with Crippen LogP contribution in [-0.2, 0) is 0 Å². The summed E-state index contributed by atoms with van der Waals surface area (Å²) < 4.78 is 0. The Bertz CT molecular complexity index is 81.8. The summed E-state index contributed by atoms with van der Waals surface area (Å²) in [6, 6.07) is 1.18. The molecule has 0 unspecified atom stereocenters. The van der Waals surface area contributed by atoms with Crippen LogP contribution >= 0.6 is 0 Å². The van der Waals surface area contributed by atoms with Crippen LogP contribution in [0, 0.1) is 0 Å². The van der Waals surface area contributed by atoms with Gasteiger partial charge in [0.25, 0.3) is 0 Å². The van der Waals surface area contributed by atoms with Crippen LogP contribution in [0.1, 0.15) is 53.4 Å². The van der Waals surface area contributed by atoms with E-state index in [-0.39, 0.29) is 0 Å². The quantitative estimate of drug-likeness (QED) is 0.576. The lowest BCUT2D eigenvalue weighted by Gasteiger charge is -2.18. The van der Waals surface area contributed by atoms with Gasteiger partial charge < -0.3 is 0 Å². The van der Waals surface area contributed by atoms with Crippen LogP contribution in [0.2, 0.25) is 0 Å². The number of hydrogen-bond acceptors (Lipinski definition) is 2. The standard InChI is InChI=1S/C10H24N2/c1-5-7-9(3)11-12-10(4)8-6-2/h9-12H,5-8H2,1-4H3/t9-,10-/m0/s1. The predicted molar refractivity (Wildman–Crippen MR) is 55.0 cm³/mol. The highest BCUT2D eigenvalue weighted by Gasteiger charge is 2.01. The molecule has 0 saturated carbocycles. The molecule has 74 valence electrons. The number of rotatable bonds is 7. The van der Waals surface area contributed by atoms with Gasteiger partial charge in [-0.3, -0.25) is 10.9 Å². The summed E-state index contributed by atoms with van der Waals surface area (Å²) in [6.45, 7) is 8.87. The SMILES string of the molecule is CCC[C@H](C)NN[C@@H](C)CCC. The summed E-state index contributed by atoms with van der Waals surface area (Å²) in [7, 11) is 0. The van der Waals surface area contributed by atoms with E-state index in [0.717, 1.165) is 0 Å². The normalized spacial score (nSPS) is 16.0. The molecule has 0 bridgehead atoms. The maximum atomic E-state index is 3.32. The van der Waals surface area contributed by atoms with E-state index >= 15 is 0 Å². The van der Waals surface area contributed by atoms with Gasteiger partial charge in [0.2, 0.25) is 0 Å². The van der Waals surface area contributed by atoms with Crippen molar-refractivity contribution in [2.45, 2.75) is 65.5 Å². The van der Waals surface area contributed by atoms with Gasteiger partial charge in [0.15, 0.2) is 0 Å². The van der Waals surface area contributed by atoms with Crippen molar-refractivity contribution in [1.82, 2.24) is 10.9 Å². The van der Waals surface area contributed by atoms with E-state index in [4.69, 9.17) is 0 Å². The summed E-state index contributed by atoms with van der Waals surface area (Å²) in [5, 5.41) is 0. The van der Waals surface area contributed by atoms with Crippen molar-refractivity contribution in [3.8, 4) is 0 Å². The zero-order valence-electron chi connectivity index (χ0n) is 8.98. The highest BCUT2D eigenvalue weighted by Crippen LogP contribution is 1.96. The van der Waals surface area contributed by atoms with Gasteiger partial charge in [-0.2, -0.15) is 0 Å². The van der Waals surface area contributed by atoms with Crippen LogP contribution in [0.4, 0.5) is 0 Å². The Labute approximate surface area is 77.1 Å². The second-order valence-corrected chi connectivity index (χ2v) is 3.67. The fourth-order valence-corrected chi connectivity index (χ4v) is 1.29. The molecule has 2 nitrogen and oxygen atoms in total. The third kappa shape index (κ3) is 6.62. The fraction of sp³-hybridized carbons (Fsp3) is 1.00. The van der Waals surface area contributed by atoms with E-state index in [1.165, 1.54) is 25.7 Å². The first-order valence-electron chi connectivity index (χ1n) is 5.21. The maximum absolute atomic E-state index is 3.32. The summed E-state index contributed by atoms with van der Waals surface area (Å²) in [6.07, 6.45) is 4.98. The van der Waals surface area contributed by atoms with Gasteiger partial charge in [-0.25, -0.2) is 0 Å². The average Bonchev–Trinajstić information content (AvgIpc) is 2.02. The number of hydrogen-bond donors (Lipinski definition) is 2. The van der Waals surface area contributed by atoms with Crippen LogP contribution in [0.25, 0.3) is 0 Å². The zero-order chi connectivity index (χ0) is 9.40. The Morgan fingerprint density at radius 1 is 0.833 bits per heavy atom. The van der Waals surface area contributed by atoms with Crippen LogP contribution in [-0.4, -0.2) is 12.1 Å². The Morgan fingerprint density at radius 2 is 1.17 bits per heavy atom. The molecule has 0 saturated heterocycles. The number of nitrogens with one attached hydrogen (secondary N) is 2. The summed E-state index contributed by atoms with van der Waals surface area (Å²) in [5.41, 5.74) is 6.64. The van der Waals surface area contributed by atoms with Crippen LogP contribution in [0.15, 0.2) is 0 Å². The third-order valence-corrected chi connectivity index (χ3v) is 2.02. The van der Waals surface area contributed by atoms with Gasteiger partial charge >= 0.3 is 0 Å². The summed E-state index contributed by atoms with van der Waals surface area (Å²) >= 11 is 0. The zero-order valence-corrected chi connectivity index (χ0v) is 8.98. The van der Waals surface area contributed by atoms with Crippen molar-refractivity contribution < 1.29 is 0 Å². The van der Waals surface area contributed by atoms with E-state index in [0.29, 0.717) is 12.1 Å². The monoisotopic (exact) mass is 172 g/mol. The molecule has 0 aliphatic carbocycles. The Hall–Kier alpha value is -0.0800. The molecule has 0 aliphatic rings. The molecule has 0 heterocycles. The lowest BCUT2D eigenvalue weighted by molar-refractivity contribution is 0.369. The van der Waals surface area contributed by atoms with E-state index in [2.05, 4.69) is 38.5 Å². The first-order valence-corrected chi connectivity index (χ1v) is 5.21. The molecule has 2 atom stereocenters. The highest BCUT2D eigenvalue weighted by atomic mass is 15.4. The van der Waals surface area contributed by atoms with Gasteiger partial charge in [-0.05, 0) is 26.7 Å². The van der Waals surface area contributed by atoms with Crippen molar-refractivity contribution in [3.63, 3.8) is 0 Å². The van der Waals surface area contributed by atoms with Crippen molar-refractivity contribution >= 4 is 0 Å². The smallest absolute Gasteiger partial charge is 0.0184 e. The van der Waals surface area contributed by atoms with Crippen molar-refractivity contribution in [2.75, 3.05) is 0 Å². The van der Waals surface area contributed by atoms with Crippen LogP contribution in [0.5, 0.6) is 0 Å². The van der Waals surface area contributed by atoms with E-state index < -0.39 is 0 Å². The molecule has 12 heavy (non-hydrogen) atoms. The lowest BCUT2D eigenvalue weighted by Crippen LogP contribution is -2.44. The average molecular weight is 172 g/mol. The molecule has 0 spiro atoms. The minimum Gasteiger partial charge on any atom is -0.255 e. The largest absolute Gasteiger partial charge is 0.255 e. The molecule has 0 aromatic carbocycles. The molecule has 2 N–H and O–H groups in total. The van der Waals surface area contributed by atoms with Crippen molar-refractivity contribution in [1.29, 1.82) is 0 Å². The van der Waals surface area contributed by atoms with Crippen LogP contribution < -0.4 is 10.9 Å². The Morgan fingerprint density at radius 3 is 1.42 bits per heavy atom. The second kappa shape index (κ2) is 7.56. The van der Waals surface area contributed by atoms with E-state index in [1.54, 1.807) is 0 Å². The molecular formula is C10H24N2. The third-order valence-electron chi connectivity index (χ3n) is 2.02. The van der Waals surface area contributed by atoms with E-state index in [1.807, 2.05) is 0 Å². The fourth-order valence-electron chi connectivity index (χ4n) is 1.29. The predicted octanol–water partition coefficient (Wildman–Crippen LogP) is 2.46. The molecule has 0 aliphatic heterocycles. The number of hydrazine groups is 1.